The van der Waals surface area contributed by atoms with Crippen molar-refractivity contribution in [3.8, 4) is 11.3 Å². The Balaban J connectivity index is 2.51. The normalized spacial score (nSPS) is 10.1. The lowest BCUT2D eigenvalue weighted by Gasteiger charge is -2.04. The fraction of sp³-hybridized carbons (Fsp3) is 0.167. The molecule has 1 aromatic carbocycles. The Bertz CT molecular complexity index is 410. The molecule has 0 radical (unpaired) electrons. The molecule has 0 spiro atoms. The van der Waals surface area contributed by atoms with E-state index >= 15 is 0 Å². The number of aryl methyl sites for hydroxylation is 1. The second-order valence-electron chi connectivity index (χ2n) is 3.12. The van der Waals surface area contributed by atoms with E-state index in [4.69, 9.17) is 0 Å². The van der Waals surface area contributed by atoms with E-state index in [2.05, 4.69) is 29.0 Å². The van der Waals surface area contributed by atoms with Gasteiger partial charge < -0.3 is 0 Å². The van der Waals surface area contributed by atoms with E-state index in [1.165, 1.54) is 5.56 Å². The summed E-state index contributed by atoms with van der Waals surface area (Å²) < 4.78 is 0. The second-order valence-corrected chi connectivity index (χ2v) is 3.12. The molecular weight excluding hydrogens is 172 g/mol. The third-order valence-corrected chi connectivity index (χ3v) is 2.22. The number of aromatic nitrogens is 2. The lowest BCUT2D eigenvalue weighted by molar-refractivity contribution is 1.05. The van der Waals surface area contributed by atoms with Crippen LogP contribution in [0.5, 0.6) is 0 Å². The Morgan fingerprint density at radius 2 is 1.93 bits per heavy atom. The predicted octanol–water partition coefficient (Wildman–Crippen LogP) is 2.71. The first-order chi connectivity index (χ1) is 6.92. The summed E-state index contributed by atoms with van der Waals surface area (Å²) in [6, 6.07) is 10.2. The van der Waals surface area contributed by atoms with Gasteiger partial charge in [-0.2, -0.15) is 0 Å². The van der Waals surface area contributed by atoms with Crippen molar-refractivity contribution in [3.63, 3.8) is 0 Å². The van der Waals surface area contributed by atoms with Crippen LogP contribution in [0, 0.1) is 0 Å². The third-order valence-electron chi connectivity index (χ3n) is 2.22. The summed E-state index contributed by atoms with van der Waals surface area (Å²) in [7, 11) is 0. The first kappa shape index (κ1) is 8.88. The fourth-order valence-corrected chi connectivity index (χ4v) is 1.47. The largest absolute Gasteiger partial charge is 0.244 e. The Labute approximate surface area is 83.7 Å². The summed E-state index contributed by atoms with van der Waals surface area (Å²) >= 11 is 0. The van der Waals surface area contributed by atoms with E-state index in [1.54, 1.807) is 6.33 Å². The van der Waals surface area contributed by atoms with Gasteiger partial charge in [0.05, 0.1) is 5.69 Å². The molecule has 0 unspecified atom stereocenters. The lowest BCUT2D eigenvalue weighted by atomic mass is 10.1. The molecule has 0 aliphatic carbocycles. The highest BCUT2D eigenvalue weighted by Gasteiger charge is 2.03. The molecule has 14 heavy (non-hydrogen) atoms. The lowest BCUT2D eigenvalue weighted by Crippen LogP contribution is -1.92. The molecule has 0 saturated carbocycles. The first-order valence-corrected chi connectivity index (χ1v) is 4.76. The quantitative estimate of drug-likeness (QED) is 0.717. The van der Waals surface area contributed by atoms with Crippen LogP contribution in [0.2, 0.25) is 0 Å². The third kappa shape index (κ3) is 1.64. The number of hydrogen-bond donors (Lipinski definition) is 0. The first-order valence-electron chi connectivity index (χ1n) is 4.76. The van der Waals surface area contributed by atoms with Crippen LogP contribution < -0.4 is 0 Å². The number of benzene rings is 1. The average Bonchev–Trinajstić information content (AvgIpc) is 2.30. The van der Waals surface area contributed by atoms with Crippen molar-refractivity contribution in [2.75, 3.05) is 0 Å². The zero-order chi connectivity index (χ0) is 9.80. The van der Waals surface area contributed by atoms with Gasteiger partial charge in [-0.05, 0) is 12.0 Å². The zero-order valence-electron chi connectivity index (χ0n) is 8.14. The molecule has 0 amide bonds. The van der Waals surface area contributed by atoms with Crippen LogP contribution in [0.3, 0.4) is 0 Å². The smallest absolute Gasteiger partial charge is 0.116 e. The van der Waals surface area contributed by atoms with E-state index in [0.29, 0.717) is 0 Å². The highest BCUT2D eigenvalue weighted by molar-refractivity contribution is 5.62. The molecule has 0 atom stereocenters. The number of nitrogens with zero attached hydrogens (tertiary/aromatic N) is 2. The van der Waals surface area contributed by atoms with Gasteiger partial charge in [-0.3, -0.25) is 0 Å². The van der Waals surface area contributed by atoms with Crippen molar-refractivity contribution in [1.29, 1.82) is 0 Å². The van der Waals surface area contributed by atoms with Crippen LogP contribution in [0.25, 0.3) is 11.3 Å². The SMILES string of the molecule is CCc1cncnc1-c1ccccc1. The standard InChI is InChI=1S/C12H12N2/c1-2-10-8-13-9-14-12(10)11-6-4-3-5-7-11/h3-9H,2H2,1H3. The van der Waals surface area contributed by atoms with Crippen molar-refractivity contribution >= 4 is 0 Å². The summed E-state index contributed by atoms with van der Waals surface area (Å²) in [5, 5.41) is 0. The molecule has 2 rings (SSSR count). The van der Waals surface area contributed by atoms with E-state index in [9.17, 15) is 0 Å². The fourth-order valence-electron chi connectivity index (χ4n) is 1.47. The predicted molar refractivity (Wildman–Crippen MR) is 56.8 cm³/mol. The maximum absolute atomic E-state index is 4.31. The van der Waals surface area contributed by atoms with Gasteiger partial charge >= 0.3 is 0 Å². The van der Waals surface area contributed by atoms with Gasteiger partial charge in [0, 0.05) is 11.8 Å². The maximum Gasteiger partial charge on any atom is 0.116 e. The van der Waals surface area contributed by atoms with Crippen LogP contribution in [0.15, 0.2) is 42.9 Å². The molecule has 1 heterocycles. The van der Waals surface area contributed by atoms with Crippen LogP contribution in [-0.2, 0) is 6.42 Å². The summed E-state index contributed by atoms with van der Waals surface area (Å²) in [6.45, 7) is 2.12. The number of hydrogen-bond acceptors (Lipinski definition) is 2. The van der Waals surface area contributed by atoms with Gasteiger partial charge in [0.25, 0.3) is 0 Å². The van der Waals surface area contributed by atoms with E-state index in [-0.39, 0.29) is 0 Å². The van der Waals surface area contributed by atoms with E-state index in [1.807, 2.05) is 24.4 Å². The van der Waals surface area contributed by atoms with E-state index in [0.717, 1.165) is 17.7 Å². The van der Waals surface area contributed by atoms with Gasteiger partial charge in [0.15, 0.2) is 0 Å². The van der Waals surface area contributed by atoms with Crippen molar-refractivity contribution < 1.29 is 0 Å². The molecule has 0 bridgehead atoms. The van der Waals surface area contributed by atoms with Gasteiger partial charge in [-0.25, -0.2) is 9.97 Å². The van der Waals surface area contributed by atoms with Crippen molar-refractivity contribution in [2.24, 2.45) is 0 Å². The molecular formula is C12H12N2. The monoisotopic (exact) mass is 184 g/mol. The molecule has 0 N–H and O–H groups in total. The summed E-state index contributed by atoms with van der Waals surface area (Å²) in [6.07, 6.45) is 4.45. The minimum Gasteiger partial charge on any atom is -0.244 e. The minimum atomic E-state index is 0.963. The van der Waals surface area contributed by atoms with Crippen LogP contribution >= 0.6 is 0 Å². The summed E-state index contributed by atoms with van der Waals surface area (Å²) in [5.74, 6) is 0. The van der Waals surface area contributed by atoms with Crippen molar-refractivity contribution in [1.82, 2.24) is 9.97 Å². The van der Waals surface area contributed by atoms with Crippen molar-refractivity contribution in [3.05, 3.63) is 48.4 Å². The molecule has 2 heteroatoms. The Kier molecular flexibility index (Phi) is 2.54. The average molecular weight is 184 g/mol. The Morgan fingerprint density at radius 1 is 1.14 bits per heavy atom. The van der Waals surface area contributed by atoms with Crippen LogP contribution in [-0.4, -0.2) is 9.97 Å². The molecule has 70 valence electrons. The molecule has 2 aromatic rings. The van der Waals surface area contributed by atoms with Crippen LogP contribution in [0.1, 0.15) is 12.5 Å². The summed E-state index contributed by atoms with van der Waals surface area (Å²) in [4.78, 5) is 8.34. The molecule has 0 aliphatic heterocycles. The molecule has 2 nitrogen and oxygen atoms in total. The Hall–Kier alpha value is -1.70. The molecule has 0 aliphatic rings. The van der Waals surface area contributed by atoms with Crippen LogP contribution in [0.4, 0.5) is 0 Å². The minimum absolute atomic E-state index is 0.963. The van der Waals surface area contributed by atoms with Crippen molar-refractivity contribution in [2.45, 2.75) is 13.3 Å². The van der Waals surface area contributed by atoms with Gasteiger partial charge in [-0.15, -0.1) is 0 Å². The van der Waals surface area contributed by atoms with Gasteiger partial charge in [-0.1, -0.05) is 37.3 Å². The maximum atomic E-state index is 4.31. The highest BCUT2D eigenvalue weighted by Crippen LogP contribution is 2.19. The van der Waals surface area contributed by atoms with E-state index < -0.39 is 0 Å². The second kappa shape index (κ2) is 4.01. The zero-order valence-corrected chi connectivity index (χ0v) is 8.14. The summed E-state index contributed by atoms with van der Waals surface area (Å²) in [5.41, 5.74) is 3.40. The van der Waals surface area contributed by atoms with Gasteiger partial charge in [0.1, 0.15) is 6.33 Å². The topological polar surface area (TPSA) is 25.8 Å². The molecule has 1 aromatic heterocycles. The Morgan fingerprint density at radius 3 is 2.64 bits per heavy atom. The van der Waals surface area contributed by atoms with Gasteiger partial charge in [0.2, 0.25) is 0 Å². The molecule has 0 saturated heterocycles. The highest BCUT2D eigenvalue weighted by atomic mass is 14.8. The number of rotatable bonds is 2. The molecule has 0 fully saturated rings.